The number of thiophene rings is 1. The number of halogens is 1. The summed E-state index contributed by atoms with van der Waals surface area (Å²) in [5.41, 5.74) is 0.846. The fourth-order valence-electron chi connectivity index (χ4n) is 3.73. The fraction of sp³-hybridized carbons (Fsp3) is 0.350. The van der Waals surface area contributed by atoms with Crippen LogP contribution in [0.2, 0.25) is 0 Å². The number of pyridine rings is 1. The van der Waals surface area contributed by atoms with Gasteiger partial charge in [-0.3, -0.25) is 9.69 Å². The van der Waals surface area contributed by atoms with Crippen molar-refractivity contribution in [3.05, 3.63) is 68.4 Å². The number of hydrogen-bond donors (Lipinski definition) is 2. The number of para-hydroxylation sites is 1. The first-order valence-corrected chi connectivity index (χ1v) is 9.74. The van der Waals surface area contributed by atoms with Crippen LogP contribution in [-0.2, 0) is 6.54 Å². The molecule has 2 N–H and O–H groups in total. The monoisotopic (exact) mass is 372 g/mol. The highest BCUT2D eigenvalue weighted by atomic mass is 32.1. The quantitative estimate of drug-likeness (QED) is 0.735. The van der Waals surface area contributed by atoms with Gasteiger partial charge >= 0.3 is 0 Å². The maximum Gasteiger partial charge on any atom is 0.189 e. The van der Waals surface area contributed by atoms with E-state index in [9.17, 15) is 14.3 Å². The van der Waals surface area contributed by atoms with Gasteiger partial charge in [-0.15, -0.1) is 11.3 Å². The summed E-state index contributed by atoms with van der Waals surface area (Å²) in [6.07, 6.45) is 1.42. The Morgan fingerprint density at radius 1 is 1.27 bits per heavy atom. The molecule has 0 saturated carbocycles. The number of fused-ring (bicyclic) bond motifs is 1. The van der Waals surface area contributed by atoms with E-state index in [4.69, 9.17) is 0 Å². The van der Waals surface area contributed by atoms with Crippen molar-refractivity contribution < 1.29 is 9.50 Å². The van der Waals surface area contributed by atoms with Gasteiger partial charge in [-0.25, -0.2) is 4.39 Å². The molecule has 26 heavy (non-hydrogen) atoms. The van der Waals surface area contributed by atoms with Crippen LogP contribution >= 0.6 is 11.3 Å². The van der Waals surface area contributed by atoms with E-state index in [0.717, 1.165) is 36.5 Å². The molecule has 0 amide bonds. The van der Waals surface area contributed by atoms with Crippen LogP contribution in [0.5, 0.6) is 0 Å². The Balaban J connectivity index is 1.44. The number of rotatable bonds is 4. The van der Waals surface area contributed by atoms with Gasteiger partial charge in [0.1, 0.15) is 5.82 Å². The van der Waals surface area contributed by atoms with Crippen LogP contribution in [0.1, 0.15) is 29.5 Å². The number of hydrogen-bond acceptors (Lipinski definition) is 4. The number of nitrogens with zero attached hydrogens (tertiary/aromatic N) is 1. The summed E-state index contributed by atoms with van der Waals surface area (Å²) in [6.45, 7) is 2.29. The van der Waals surface area contributed by atoms with Crippen molar-refractivity contribution in [3.63, 3.8) is 0 Å². The average molecular weight is 372 g/mol. The molecule has 1 fully saturated rings. The minimum absolute atomic E-state index is 0.156. The van der Waals surface area contributed by atoms with E-state index in [1.54, 1.807) is 29.5 Å². The summed E-state index contributed by atoms with van der Waals surface area (Å²) in [4.78, 5) is 18.6. The molecule has 0 aliphatic carbocycles. The Hall–Kier alpha value is -2.02. The number of nitrogens with one attached hydrogen (secondary N) is 1. The molecule has 4 rings (SSSR count). The number of H-pyrrole nitrogens is 1. The normalized spacial score (nSPS) is 17.6. The number of aliphatic hydroxyl groups excluding tert-OH is 1. The second-order valence-corrected chi connectivity index (χ2v) is 7.87. The lowest BCUT2D eigenvalue weighted by atomic mass is 9.90. The highest BCUT2D eigenvalue weighted by Gasteiger charge is 2.27. The van der Waals surface area contributed by atoms with Crippen molar-refractivity contribution in [1.29, 1.82) is 0 Å². The summed E-state index contributed by atoms with van der Waals surface area (Å²) in [6, 6.07) is 10.1. The van der Waals surface area contributed by atoms with E-state index >= 15 is 0 Å². The predicted octanol–water partition coefficient (Wildman–Crippen LogP) is 3.67. The van der Waals surface area contributed by atoms with E-state index in [2.05, 4.69) is 9.88 Å². The van der Waals surface area contributed by atoms with E-state index in [0.29, 0.717) is 11.9 Å². The third-order valence-electron chi connectivity index (χ3n) is 5.18. The summed E-state index contributed by atoms with van der Waals surface area (Å²) >= 11 is 1.59. The Labute approximate surface area is 154 Å². The number of aromatic amines is 1. The first-order chi connectivity index (χ1) is 12.6. The Kier molecular flexibility index (Phi) is 4.89. The van der Waals surface area contributed by atoms with Crippen LogP contribution < -0.4 is 5.43 Å². The van der Waals surface area contributed by atoms with Crippen molar-refractivity contribution in [3.8, 4) is 0 Å². The summed E-state index contributed by atoms with van der Waals surface area (Å²) in [5, 5.41) is 12.9. The standard InChI is InChI=1S/C20H21FN2O2S/c21-16-4-1-3-15-17(24)11-14(22-19(15)16)12-23-8-6-13(7-9-23)20(25)18-5-2-10-26-18/h1-5,10-11,13,20,25H,6-9,12H2,(H,22,24). The number of benzene rings is 1. The van der Waals surface area contributed by atoms with E-state index in [1.807, 2.05) is 17.5 Å². The molecule has 3 aromatic rings. The first-order valence-electron chi connectivity index (χ1n) is 8.86. The average Bonchev–Trinajstić information content (AvgIpc) is 3.17. The van der Waals surface area contributed by atoms with E-state index < -0.39 is 11.9 Å². The minimum atomic E-state index is -0.403. The lowest BCUT2D eigenvalue weighted by Gasteiger charge is -2.33. The van der Waals surface area contributed by atoms with Gasteiger partial charge < -0.3 is 10.1 Å². The Bertz CT molecular complexity index is 946. The van der Waals surface area contributed by atoms with Gasteiger partial charge in [0, 0.05) is 28.6 Å². The third-order valence-corrected chi connectivity index (χ3v) is 6.12. The molecule has 1 aromatic carbocycles. The van der Waals surface area contributed by atoms with Gasteiger partial charge in [-0.1, -0.05) is 12.1 Å². The van der Waals surface area contributed by atoms with Crippen LogP contribution in [-0.4, -0.2) is 28.1 Å². The van der Waals surface area contributed by atoms with Gasteiger partial charge in [-0.05, 0) is 55.4 Å². The summed E-state index contributed by atoms with van der Waals surface area (Å²) < 4.78 is 14.0. The molecule has 2 aromatic heterocycles. The number of likely N-dealkylation sites (tertiary alicyclic amines) is 1. The van der Waals surface area contributed by atoms with Gasteiger partial charge in [0.2, 0.25) is 0 Å². The maximum atomic E-state index is 14.0. The van der Waals surface area contributed by atoms with Crippen molar-refractivity contribution in [2.45, 2.75) is 25.5 Å². The van der Waals surface area contributed by atoms with Crippen molar-refractivity contribution >= 4 is 22.2 Å². The molecule has 1 saturated heterocycles. The molecule has 1 aliphatic heterocycles. The van der Waals surface area contributed by atoms with Gasteiger partial charge in [0.15, 0.2) is 5.43 Å². The molecule has 136 valence electrons. The molecule has 1 unspecified atom stereocenters. The van der Waals surface area contributed by atoms with Crippen LogP contribution in [0.25, 0.3) is 10.9 Å². The van der Waals surface area contributed by atoms with Crippen LogP contribution in [0.3, 0.4) is 0 Å². The zero-order valence-electron chi connectivity index (χ0n) is 14.3. The van der Waals surface area contributed by atoms with Crippen molar-refractivity contribution in [1.82, 2.24) is 9.88 Å². The lowest BCUT2D eigenvalue weighted by molar-refractivity contribution is 0.0587. The largest absolute Gasteiger partial charge is 0.387 e. The van der Waals surface area contributed by atoms with Gasteiger partial charge in [-0.2, -0.15) is 0 Å². The molecule has 1 atom stereocenters. The molecule has 6 heteroatoms. The molecular formula is C20H21FN2O2S. The molecule has 3 heterocycles. The molecule has 1 aliphatic rings. The van der Waals surface area contributed by atoms with Crippen LogP contribution in [0.4, 0.5) is 4.39 Å². The maximum absolute atomic E-state index is 14.0. The van der Waals surface area contributed by atoms with Crippen molar-refractivity contribution in [2.75, 3.05) is 13.1 Å². The Morgan fingerprint density at radius 3 is 2.81 bits per heavy atom. The van der Waals surface area contributed by atoms with Crippen LogP contribution in [0, 0.1) is 11.7 Å². The van der Waals surface area contributed by atoms with Gasteiger partial charge in [0.25, 0.3) is 0 Å². The lowest BCUT2D eigenvalue weighted by Crippen LogP contribution is -2.35. The smallest absolute Gasteiger partial charge is 0.189 e. The summed E-state index contributed by atoms with van der Waals surface area (Å²) in [5.74, 6) is -0.141. The van der Waals surface area contributed by atoms with Crippen LogP contribution in [0.15, 0.2) is 46.6 Å². The Morgan fingerprint density at radius 2 is 2.08 bits per heavy atom. The number of piperidine rings is 1. The molecule has 0 radical (unpaired) electrons. The molecule has 4 nitrogen and oxygen atoms in total. The fourth-order valence-corrected chi connectivity index (χ4v) is 4.54. The number of aromatic nitrogens is 1. The van der Waals surface area contributed by atoms with E-state index in [1.165, 1.54) is 6.07 Å². The zero-order chi connectivity index (χ0) is 18.1. The minimum Gasteiger partial charge on any atom is -0.387 e. The van der Waals surface area contributed by atoms with Gasteiger partial charge in [0.05, 0.1) is 11.6 Å². The number of aliphatic hydroxyl groups is 1. The summed E-state index contributed by atoms with van der Waals surface area (Å²) in [7, 11) is 0. The van der Waals surface area contributed by atoms with Crippen molar-refractivity contribution in [2.24, 2.45) is 5.92 Å². The topological polar surface area (TPSA) is 56.3 Å². The second-order valence-electron chi connectivity index (χ2n) is 6.90. The highest BCUT2D eigenvalue weighted by molar-refractivity contribution is 7.10. The molecular weight excluding hydrogens is 351 g/mol. The third kappa shape index (κ3) is 3.45. The predicted molar refractivity (Wildman–Crippen MR) is 102 cm³/mol. The molecule has 0 bridgehead atoms. The second kappa shape index (κ2) is 7.31. The highest BCUT2D eigenvalue weighted by Crippen LogP contribution is 2.33. The SMILES string of the molecule is O=c1cc(CN2CCC(C(O)c3cccs3)CC2)[nH]c2c(F)cccc12. The zero-order valence-corrected chi connectivity index (χ0v) is 15.1. The molecule has 0 spiro atoms. The van der Waals surface area contributed by atoms with E-state index in [-0.39, 0.29) is 16.9 Å². The first kappa shape index (κ1) is 17.4.